The number of aromatic nitrogens is 2. The fourth-order valence-electron chi connectivity index (χ4n) is 4.02. The van der Waals surface area contributed by atoms with Crippen molar-refractivity contribution in [3.8, 4) is 0 Å². The Balaban J connectivity index is 1.57. The molecule has 3 heterocycles. The van der Waals surface area contributed by atoms with Crippen molar-refractivity contribution in [2.45, 2.75) is 45.6 Å². The molecular weight excluding hydrogens is 366 g/mol. The highest BCUT2D eigenvalue weighted by Gasteiger charge is 2.27. The smallest absolute Gasteiger partial charge is 0.255 e. The van der Waals surface area contributed by atoms with Crippen molar-refractivity contribution >= 4 is 5.95 Å². The third-order valence-electron chi connectivity index (χ3n) is 5.30. The predicted molar refractivity (Wildman–Crippen MR) is 101 cm³/mol. The van der Waals surface area contributed by atoms with Crippen LogP contribution in [0.5, 0.6) is 0 Å². The number of hydrogen-bond acceptors (Lipinski definition) is 5. The van der Waals surface area contributed by atoms with Crippen LogP contribution in [0.25, 0.3) is 0 Å². The Kier molecular flexibility index (Phi) is 5.16. The van der Waals surface area contributed by atoms with Crippen LogP contribution in [0.1, 0.15) is 30.7 Å². The summed E-state index contributed by atoms with van der Waals surface area (Å²) in [5.74, 6) is -0.576. The number of nitrogens with zero attached hydrogens (tertiary/aromatic N) is 3. The summed E-state index contributed by atoms with van der Waals surface area (Å²) >= 11 is 0. The lowest BCUT2D eigenvalue weighted by molar-refractivity contribution is -0.00576. The second kappa shape index (κ2) is 7.60. The van der Waals surface area contributed by atoms with Crippen molar-refractivity contribution in [3.63, 3.8) is 0 Å². The van der Waals surface area contributed by atoms with Gasteiger partial charge >= 0.3 is 0 Å². The summed E-state index contributed by atoms with van der Waals surface area (Å²) < 4.78 is 33.7. The molecule has 1 fully saturated rings. The van der Waals surface area contributed by atoms with Gasteiger partial charge in [0.2, 0.25) is 5.95 Å². The van der Waals surface area contributed by atoms with Crippen LogP contribution in [0, 0.1) is 11.6 Å². The third kappa shape index (κ3) is 3.79. The van der Waals surface area contributed by atoms with Crippen LogP contribution >= 0.6 is 0 Å². The molecule has 0 spiro atoms. The minimum atomic E-state index is -0.554. The van der Waals surface area contributed by atoms with E-state index >= 15 is 0 Å². The number of anilines is 1. The Hall–Kier alpha value is -2.32. The lowest BCUT2D eigenvalue weighted by Crippen LogP contribution is -2.47. The Morgan fingerprint density at radius 1 is 1.21 bits per heavy atom. The molecular formula is C20H24F2N4O2. The average molecular weight is 390 g/mol. The lowest BCUT2D eigenvalue weighted by Gasteiger charge is -2.36. The maximum absolute atomic E-state index is 14.0. The summed E-state index contributed by atoms with van der Waals surface area (Å²) in [5, 5.41) is 0. The number of H-pyrrole nitrogens is 1. The molecule has 2 aliphatic rings. The van der Waals surface area contributed by atoms with E-state index in [1.807, 2.05) is 23.6 Å². The van der Waals surface area contributed by atoms with Crippen molar-refractivity contribution in [1.82, 2.24) is 14.9 Å². The minimum Gasteiger partial charge on any atom is -0.372 e. The van der Waals surface area contributed by atoms with E-state index in [1.165, 1.54) is 18.2 Å². The van der Waals surface area contributed by atoms with E-state index in [2.05, 4.69) is 9.97 Å². The molecule has 6 nitrogen and oxygen atoms in total. The summed E-state index contributed by atoms with van der Waals surface area (Å²) in [4.78, 5) is 24.1. The SMILES string of the molecule is C[C@@H]1CN(c2nc3c(c(=O)[nH]2)CCN(Cc2c(F)cccc2F)C3)C[C@H](C)O1. The highest BCUT2D eigenvalue weighted by Crippen LogP contribution is 2.22. The van der Waals surface area contributed by atoms with E-state index in [0.717, 1.165) is 0 Å². The maximum Gasteiger partial charge on any atom is 0.255 e. The van der Waals surface area contributed by atoms with E-state index in [1.54, 1.807) is 0 Å². The molecule has 1 aromatic carbocycles. The average Bonchev–Trinajstić information content (AvgIpc) is 2.64. The summed E-state index contributed by atoms with van der Waals surface area (Å²) in [6.07, 6.45) is 0.598. The quantitative estimate of drug-likeness (QED) is 0.871. The van der Waals surface area contributed by atoms with Gasteiger partial charge in [0.05, 0.1) is 17.9 Å². The molecule has 28 heavy (non-hydrogen) atoms. The first kappa shape index (κ1) is 19.0. The first-order chi connectivity index (χ1) is 13.4. The monoisotopic (exact) mass is 390 g/mol. The first-order valence-corrected chi connectivity index (χ1v) is 9.58. The van der Waals surface area contributed by atoms with Crippen molar-refractivity contribution in [2.24, 2.45) is 0 Å². The number of fused-ring (bicyclic) bond motifs is 1. The second-order valence-electron chi connectivity index (χ2n) is 7.64. The molecule has 1 saturated heterocycles. The molecule has 0 bridgehead atoms. The van der Waals surface area contributed by atoms with Crippen molar-refractivity contribution in [3.05, 3.63) is 57.0 Å². The molecule has 0 amide bonds. The molecule has 150 valence electrons. The summed E-state index contributed by atoms with van der Waals surface area (Å²) in [6, 6.07) is 3.88. The van der Waals surface area contributed by atoms with E-state index in [0.29, 0.717) is 49.8 Å². The number of aromatic amines is 1. The molecule has 1 N–H and O–H groups in total. The van der Waals surface area contributed by atoms with E-state index in [4.69, 9.17) is 4.74 Å². The van der Waals surface area contributed by atoms with Crippen LogP contribution in [0.4, 0.5) is 14.7 Å². The van der Waals surface area contributed by atoms with Crippen LogP contribution in [0.15, 0.2) is 23.0 Å². The zero-order chi connectivity index (χ0) is 19.8. The third-order valence-corrected chi connectivity index (χ3v) is 5.30. The Morgan fingerprint density at radius 2 is 1.89 bits per heavy atom. The van der Waals surface area contributed by atoms with Gasteiger partial charge in [-0.2, -0.15) is 0 Å². The van der Waals surface area contributed by atoms with Gasteiger partial charge in [-0.05, 0) is 32.4 Å². The van der Waals surface area contributed by atoms with E-state index in [9.17, 15) is 13.6 Å². The summed E-state index contributed by atoms with van der Waals surface area (Å²) in [6.45, 7) is 6.36. The summed E-state index contributed by atoms with van der Waals surface area (Å²) in [5.41, 5.74) is 1.24. The van der Waals surface area contributed by atoms with Crippen molar-refractivity contribution in [1.29, 1.82) is 0 Å². The molecule has 2 aromatic rings. The van der Waals surface area contributed by atoms with Crippen molar-refractivity contribution in [2.75, 3.05) is 24.5 Å². The normalized spacial score (nSPS) is 22.9. The molecule has 2 aliphatic heterocycles. The molecule has 0 saturated carbocycles. The van der Waals surface area contributed by atoms with Gasteiger partial charge in [0.1, 0.15) is 11.6 Å². The van der Waals surface area contributed by atoms with E-state index in [-0.39, 0.29) is 29.9 Å². The lowest BCUT2D eigenvalue weighted by atomic mass is 10.1. The molecule has 0 unspecified atom stereocenters. The largest absolute Gasteiger partial charge is 0.372 e. The summed E-state index contributed by atoms with van der Waals surface area (Å²) in [7, 11) is 0. The fourth-order valence-corrected chi connectivity index (χ4v) is 4.02. The highest BCUT2D eigenvalue weighted by atomic mass is 19.1. The molecule has 1 aromatic heterocycles. The van der Waals surface area contributed by atoms with Crippen molar-refractivity contribution < 1.29 is 13.5 Å². The molecule has 0 aliphatic carbocycles. The zero-order valence-electron chi connectivity index (χ0n) is 16.0. The minimum absolute atomic E-state index is 0.0469. The number of rotatable bonds is 3. The standard InChI is InChI=1S/C20H24F2N4O2/c1-12-8-26(9-13(2)28-12)20-23-18-11-25(7-6-14(18)19(27)24-20)10-15-16(21)4-3-5-17(15)22/h3-5,12-13H,6-11H2,1-2H3,(H,23,24,27)/t12-,13+. The van der Waals surface area contributed by atoms with Gasteiger partial charge in [0.25, 0.3) is 5.56 Å². The van der Waals surface area contributed by atoms with Crippen LogP contribution in [0.3, 0.4) is 0 Å². The molecule has 0 radical (unpaired) electrons. The molecule has 2 atom stereocenters. The predicted octanol–water partition coefficient (Wildman–Crippen LogP) is 2.22. The van der Waals surface area contributed by atoms with Crippen LogP contribution in [0.2, 0.25) is 0 Å². The van der Waals surface area contributed by atoms with Crippen LogP contribution < -0.4 is 10.5 Å². The van der Waals surface area contributed by atoms with Gasteiger partial charge in [0.15, 0.2) is 0 Å². The Morgan fingerprint density at radius 3 is 2.57 bits per heavy atom. The second-order valence-corrected chi connectivity index (χ2v) is 7.64. The van der Waals surface area contributed by atoms with Gasteiger partial charge in [-0.3, -0.25) is 14.7 Å². The van der Waals surface area contributed by atoms with Gasteiger partial charge in [-0.1, -0.05) is 6.07 Å². The Bertz CT molecular complexity index is 903. The molecule has 8 heteroatoms. The highest BCUT2D eigenvalue weighted by molar-refractivity contribution is 5.35. The number of ether oxygens (including phenoxy) is 1. The number of benzene rings is 1. The van der Waals surface area contributed by atoms with Crippen LogP contribution in [-0.2, 0) is 24.2 Å². The first-order valence-electron chi connectivity index (χ1n) is 9.58. The Labute approximate surface area is 162 Å². The van der Waals surface area contributed by atoms with Gasteiger partial charge in [-0.15, -0.1) is 0 Å². The number of morpholine rings is 1. The van der Waals surface area contributed by atoms with E-state index < -0.39 is 11.6 Å². The number of halogens is 2. The number of nitrogens with one attached hydrogen (secondary N) is 1. The van der Waals surface area contributed by atoms with Gasteiger partial charge in [-0.25, -0.2) is 13.8 Å². The fraction of sp³-hybridized carbons (Fsp3) is 0.500. The topological polar surface area (TPSA) is 61.5 Å². The van der Waals surface area contributed by atoms with Gasteiger partial charge < -0.3 is 9.64 Å². The molecule has 4 rings (SSSR count). The number of hydrogen-bond donors (Lipinski definition) is 1. The maximum atomic E-state index is 14.0. The van der Waals surface area contributed by atoms with Gasteiger partial charge in [0, 0.05) is 43.9 Å². The van der Waals surface area contributed by atoms with Crippen LogP contribution in [-0.4, -0.2) is 46.7 Å². The zero-order valence-corrected chi connectivity index (χ0v) is 16.0.